The molecule has 6 heteroatoms. The molecule has 0 fully saturated rings. The molecule has 1 amide bonds. The van der Waals surface area contributed by atoms with Crippen LogP contribution in [0.4, 0.5) is 5.69 Å². The maximum Gasteiger partial charge on any atom is 0.248 e. The Morgan fingerprint density at radius 1 is 0.833 bits per heavy atom. The number of primary amides is 1. The molecule has 6 nitrogen and oxygen atoms in total. The number of nitrogens with zero attached hydrogens (tertiary/aromatic N) is 2. The van der Waals surface area contributed by atoms with Crippen molar-refractivity contribution in [2.75, 3.05) is 18.5 Å². The lowest BCUT2D eigenvalue weighted by Gasteiger charge is -2.35. The number of carbonyl (C=O) groups is 1. The number of unbranched alkanes of at least 4 members (excludes halogenated alkanes) is 1. The predicted molar refractivity (Wildman–Crippen MR) is 170 cm³/mol. The van der Waals surface area contributed by atoms with Gasteiger partial charge in [0.1, 0.15) is 12.3 Å². The van der Waals surface area contributed by atoms with E-state index in [1.54, 1.807) is 18.2 Å². The van der Waals surface area contributed by atoms with Crippen molar-refractivity contribution >= 4 is 11.6 Å². The second-order valence-electron chi connectivity index (χ2n) is 10.9. The van der Waals surface area contributed by atoms with Crippen LogP contribution < -0.4 is 10.6 Å². The zero-order valence-electron chi connectivity index (χ0n) is 24.7. The highest BCUT2D eigenvalue weighted by Crippen LogP contribution is 2.27. The first-order chi connectivity index (χ1) is 20.4. The molecular formula is C36H43N3O3. The first-order valence-corrected chi connectivity index (χ1v) is 14.7. The first-order valence-electron chi connectivity index (χ1n) is 14.7. The fraction of sp³-hybridized carbons (Fsp3) is 0.306. The maximum atomic E-state index is 11.9. The molecule has 3 atom stereocenters. The molecule has 0 aliphatic heterocycles. The normalized spacial score (nSPS) is 13.4. The highest BCUT2D eigenvalue weighted by atomic mass is 16.5. The standard InChI is InChI=1S/C36H43N3O3/c1-28(38(2)33-22-10-5-11-23-33)15-12-13-24-39(26-29-16-6-3-7-17-29)36(42-27-30-18-8-4-9-19-30)34(40)31-20-14-21-32(25-31)35(37)41/h3-11,14,16-23,25,28,34,36,40H,12-13,15,24,26-27H2,1-2H3,(H2,37,41). The van der Waals surface area contributed by atoms with Gasteiger partial charge in [0.15, 0.2) is 0 Å². The van der Waals surface area contributed by atoms with Gasteiger partial charge >= 0.3 is 0 Å². The van der Waals surface area contributed by atoms with Crippen LogP contribution in [-0.2, 0) is 17.9 Å². The Morgan fingerprint density at radius 3 is 2.10 bits per heavy atom. The molecule has 0 aromatic heterocycles. The number of aliphatic hydroxyl groups is 1. The zero-order valence-corrected chi connectivity index (χ0v) is 24.7. The van der Waals surface area contributed by atoms with Gasteiger partial charge in [0, 0.05) is 37.4 Å². The summed E-state index contributed by atoms with van der Waals surface area (Å²) in [5.41, 5.74) is 9.89. The number of aliphatic hydroxyl groups excluding tert-OH is 1. The van der Waals surface area contributed by atoms with Crippen LogP contribution in [0.2, 0.25) is 0 Å². The van der Waals surface area contributed by atoms with E-state index in [1.807, 2.05) is 60.7 Å². The molecule has 0 heterocycles. The van der Waals surface area contributed by atoms with E-state index in [0.717, 1.165) is 36.9 Å². The highest BCUT2D eigenvalue weighted by molar-refractivity contribution is 5.92. The van der Waals surface area contributed by atoms with E-state index in [1.165, 1.54) is 5.69 Å². The molecule has 0 aliphatic rings. The van der Waals surface area contributed by atoms with Crippen molar-refractivity contribution in [3.05, 3.63) is 138 Å². The van der Waals surface area contributed by atoms with Crippen molar-refractivity contribution in [3.63, 3.8) is 0 Å². The van der Waals surface area contributed by atoms with Crippen LogP contribution in [0.5, 0.6) is 0 Å². The molecule has 0 aliphatic carbocycles. The monoisotopic (exact) mass is 565 g/mol. The van der Waals surface area contributed by atoms with E-state index in [-0.39, 0.29) is 0 Å². The Balaban J connectivity index is 1.52. The fourth-order valence-corrected chi connectivity index (χ4v) is 5.17. The van der Waals surface area contributed by atoms with Gasteiger partial charge < -0.3 is 20.5 Å². The number of para-hydroxylation sites is 1. The number of rotatable bonds is 16. The summed E-state index contributed by atoms with van der Waals surface area (Å²) in [5.74, 6) is -0.526. The third kappa shape index (κ3) is 9.02. The molecule has 4 rings (SSSR count). The number of anilines is 1. The molecule has 0 radical (unpaired) electrons. The van der Waals surface area contributed by atoms with Crippen LogP contribution in [0.25, 0.3) is 0 Å². The molecular weight excluding hydrogens is 522 g/mol. The van der Waals surface area contributed by atoms with Gasteiger partial charge in [-0.15, -0.1) is 0 Å². The van der Waals surface area contributed by atoms with Gasteiger partial charge in [0.25, 0.3) is 0 Å². The summed E-state index contributed by atoms with van der Waals surface area (Å²) >= 11 is 0. The number of ether oxygens (including phenoxy) is 1. The van der Waals surface area contributed by atoms with Crippen molar-refractivity contribution in [3.8, 4) is 0 Å². The summed E-state index contributed by atoms with van der Waals surface area (Å²) < 4.78 is 6.50. The SMILES string of the molecule is CC(CCCCN(Cc1ccccc1)C(OCc1ccccc1)C(O)c1cccc(C(N)=O)c1)N(C)c1ccccc1. The van der Waals surface area contributed by atoms with E-state index in [4.69, 9.17) is 10.5 Å². The molecule has 0 spiro atoms. The van der Waals surface area contributed by atoms with Gasteiger partial charge in [0.2, 0.25) is 5.91 Å². The molecule has 4 aromatic carbocycles. The summed E-state index contributed by atoms with van der Waals surface area (Å²) in [6.07, 6.45) is 1.39. The van der Waals surface area contributed by atoms with Gasteiger partial charge in [0.05, 0.1) is 6.61 Å². The summed E-state index contributed by atoms with van der Waals surface area (Å²) in [4.78, 5) is 16.4. The van der Waals surface area contributed by atoms with Crippen LogP contribution in [0.3, 0.4) is 0 Å². The maximum absolute atomic E-state index is 11.9. The molecule has 0 saturated heterocycles. The lowest BCUT2D eigenvalue weighted by molar-refractivity contribution is -0.138. The second kappa shape index (κ2) is 15.9. The Hall–Kier alpha value is -3.97. The summed E-state index contributed by atoms with van der Waals surface area (Å²) in [6.45, 7) is 3.97. The summed E-state index contributed by atoms with van der Waals surface area (Å²) in [5, 5.41) is 11.7. The van der Waals surface area contributed by atoms with Crippen LogP contribution in [0, 0.1) is 0 Å². The molecule has 3 N–H and O–H groups in total. The number of hydrogen-bond acceptors (Lipinski definition) is 5. The van der Waals surface area contributed by atoms with E-state index >= 15 is 0 Å². The lowest BCUT2D eigenvalue weighted by atomic mass is 10.0. The van der Waals surface area contributed by atoms with Crippen molar-refractivity contribution in [2.24, 2.45) is 5.73 Å². The van der Waals surface area contributed by atoms with Gasteiger partial charge in [-0.25, -0.2) is 0 Å². The number of carbonyl (C=O) groups excluding carboxylic acids is 1. The highest BCUT2D eigenvalue weighted by Gasteiger charge is 2.29. The quantitative estimate of drug-likeness (QED) is 0.119. The van der Waals surface area contributed by atoms with E-state index in [9.17, 15) is 9.90 Å². The number of nitrogens with two attached hydrogens (primary N) is 1. The minimum Gasteiger partial charge on any atom is -0.384 e. The van der Waals surface area contributed by atoms with Crippen molar-refractivity contribution in [2.45, 2.75) is 57.7 Å². The van der Waals surface area contributed by atoms with Crippen LogP contribution in [0.15, 0.2) is 115 Å². The molecule has 0 bridgehead atoms. The zero-order chi connectivity index (χ0) is 29.7. The molecule has 220 valence electrons. The average molecular weight is 566 g/mol. The largest absolute Gasteiger partial charge is 0.384 e. The lowest BCUT2D eigenvalue weighted by Crippen LogP contribution is -2.42. The third-order valence-corrected chi connectivity index (χ3v) is 7.78. The van der Waals surface area contributed by atoms with Gasteiger partial charge in [-0.1, -0.05) is 97.4 Å². The van der Waals surface area contributed by atoms with Crippen LogP contribution >= 0.6 is 0 Å². The van der Waals surface area contributed by atoms with Gasteiger partial charge in [-0.05, 0) is 60.7 Å². The smallest absolute Gasteiger partial charge is 0.248 e. The minimum atomic E-state index is -0.986. The predicted octanol–water partition coefficient (Wildman–Crippen LogP) is 6.56. The average Bonchev–Trinajstić information content (AvgIpc) is 3.03. The van der Waals surface area contributed by atoms with Gasteiger partial charge in [-0.2, -0.15) is 0 Å². The molecule has 3 unspecified atom stereocenters. The van der Waals surface area contributed by atoms with E-state index < -0.39 is 18.2 Å². The van der Waals surface area contributed by atoms with Crippen molar-refractivity contribution in [1.82, 2.24) is 4.90 Å². The van der Waals surface area contributed by atoms with Crippen molar-refractivity contribution in [1.29, 1.82) is 0 Å². The number of benzene rings is 4. The molecule has 0 saturated carbocycles. The van der Waals surface area contributed by atoms with Gasteiger partial charge in [-0.3, -0.25) is 9.69 Å². The Kier molecular flexibility index (Phi) is 11.7. The van der Waals surface area contributed by atoms with Crippen LogP contribution in [-0.4, -0.2) is 41.8 Å². The fourth-order valence-electron chi connectivity index (χ4n) is 5.17. The van der Waals surface area contributed by atoms with Crippen molar-refractivity contribution < 1.29 is 14.6 Å². The number of hydrogen-bond donors (Lipinski definition) is 2. The Bertz CT molecular complexity index is 1350. The Morgan fingerprint density at radius 2 is 1.45 bits per heavy atom. The first kappa shape index (κ1) is 31.0. The summed E-state index contributed by atoms with van der Waals surface area (Å²) in [6, 6.07) is 38.0. The van der Waals surface area contributed by atoms with Crippen LogP contribution in [0.1, 0.15) is 59.3 Å². The molecule has 42 heavy (non-hydrogen) atoms. The molecule has 4 aromatic rings. The number of amides is 1. The Labute approximate surface area is 250 Å². The second-order valence-corrected chi connectivity index (χ2v) is 10.9. The van der Waals surface area contributed by atoms with E-state index in [0.29, 0.717) is 30.3 Å². The topological polar surface area (TPSA) is 79.0 Å². The third-order valence-electron chi connectivity index (χ3n) is 7.78. The summed E-state index contributed by atoms with van der Waals surface area (Å²) in [7, 11) is 2.14. The minimum absolute atomic E-state index is 0.349. The van der Waals surface area contributed by atoms with E-state index in [2.05, 4.69) is 60.2 Å².